The highest BCUT2D eigenvalue weighted by molar-refractivity contribution is 7.84. The van der Waals surface area contributed by atoms with Gasteiger partial charge in [-0.05, 0) is 57.0 Å². The summed E-state index contributed by atoms with van der Waals surface area (Å²) >= 11 is 0. The lowest BCUT2D eigenvalue weighted by Gasteiger charge is -2.33. The molecule has 4 rings (SSSR count). The summed E-state index contributed by atoms with van der Waals surface area (Å²) in [6, 6.07) is 14.4. The number of nitrogens with zero attached hydrogens (tertiary/aromatic N) is 4. The average Bonchev–Trinajstić information content (AvgIpc) is 3.48. The molecule has 0 saturated carbocycles. The Morgan fingerprint density at radius 2 is 1.94 bits per heavy atom. The topological polar surface area (TPSA) is 72.2 Å². The molecule has 0 unspecified atom stereocenters. The molecule has 3 aromatic rings. The van der Waals surface area contributed by atoms with Crippen LogP contribution < -0.4 is 5.32 Å². The molecular weight excluding hydrogens is 434 g/mol. The molecule has 3 heterocycles. The van der Waals surface area contributed by atoms with Crippen molar-refractivity contribution >= 4 is 16.7 Å². The Morgan fingerprint density at radius 3 is 2.70 bits per heavy atom. The van der Waals surface area contributed by atoms with E-state index in [0.717, 1.165) is 36.6 Å². The number of carbonyl (C=O) groups excluding carboxylic acids is 1. The summed E-state index contributed by atoms with van der Waals surface area (Å²) in [7, 11) is -1.32. The number of hydrogen-bond acceptors (Lipinski definition) is 4. The number of piperidine rings is 1. The fraction of sp³-hybridized carbons (Fsp3) is 0.440. The van der Waals surface area contributed by atoms with Crippen molar-refractivity contribution in [3.8, 4) is 11.5 Å². The molecule has 1 fully saturated rings. The van der Waals surface area contributed by atoms with Gasteiger partial charge >= 0.3 is 0 Å². The van der Waals surface area contributed by atoms with E-state index < -0.39 is 10.8 Å². The van der Waals surface area contributed by atoms with E-state index in [1.807, 2.05) is 64.1 Å². The Bertz CT molecular complexity index is 1050. The van der Waals surface area contributed by atoms with Gasteiger partial charge < -0.3 is 14.8 Å². The van der Waals surface area contributed by atoms with Crippen LogP contribution in [-0.2, 0) is 21.3 Å². The number of rotatable bonds is 10. The van der Waals surface area contributed by atoms with Crippen molar-refractivity contribution < 1.29 is 9.00 Å². The maximum absolute atomic E-state index is 12.8. The van der Waals surface area contributed by atoms with Crippen LogP contribution in [0.1, 0.15) is 38.2 Å². The molecule has 0 spiro atoms. The first-order chi connectivity index (χ1) is 16.1. The maximum atomic E-state index is 12.8. The molecule has 0 radical (unpaired) electrons. The second-order valence-electron chi connectivity index (χ2n) is 8.64. The van der Waals surface area contributed by atoms with Crippen molar-refractivity contribution in [1.82, 2.24) is 24.6 Å². The number of likely N-dealkylation sites (tertiary alicyclic amines) is 1. The van der Waals surface area contributed by atoms with Crippen LogP contribution in [0.2, 0.25) is 0 Å². The largest absolute Gasteiger partial charge is 0.355 e. The van der Waals surface area contributed by atoms with E-state index >= 15 is 0 Å². The van der Waals surface area contributed by atoms with Crippen LogP contribution in [0.25, 0.3) is 11.5 Å². The Labute approximate surface area is 198 Å². The number of benzene rings is 1. The lowest BCUT2D eigenvalue weighted by molar-refractivity contribution is -0.118. The van der Waals surface area contributed by atoms with E-state index in [2.05, 4.69) is 22.2 Å². The summed E-state index contributed by atoms with van der Waals surface area (Å²) in [6.07, 6.45) is 10.4. The first-order valence-electron chi connectivity index (χ1n) is 11.7. The molecule has 7 nitrogen and oxygen atoms in total. The predicted molar refractivity (Wildman–Crippen MR) is 132 cm³/mol. The molecule has 1 aliphatic rings. The molecule has 1 aromatic carbocycles. The van der Waals surface area contributed by atoms with Crippen molar-refractivity contribution in [2.24, 2.45) is 0 Å². The van der Waals surface area contributed by atoms with E-state index in [9.17, 15) is 9.00 Å². The lowest BCUT2D eigenvalue weighted by atomic mass is 10.0. The van der Waals surface area contributed by atoms with E-state index in [1.165, 1.54) is 19.3 Å². The van der Waals surface area contributed by atoms with Gasteiger partial charge in [0.1, 0.15) is 11.6 Å². The molecule has 0 aliphatic carbocycles. The monoisotopic (exact) mass is 467 g/mol. The SMILES string of the molecule is C[C@H]1CCCCN1CCCNC(=O)C[S@](=O)Cc1cnn(-c2ccccc2)c1-n1cccc1. The van der Waals surface area contributed by atoms with Crippen molar-refractivity contribution in [1.29, 1.82) is 0 Å². The lowest BCUT2D eigenvalue weighted by Crippen LogP contribution is -2.39. The fourth-order valence-electron chi connectivity index (χ4n) is 4.41. The van der Waals surface area contributed by atoms with Gasteiger partial charge in [0.05, 0.1) is 17.6 Å². The van der Waals surface area contributed by atoms with Gasteiger partial charge in [0.15, 0.2) is 0 Å². The van der Waals surface area contributed by atoms with Gasteiger partial charge in [-0.3, -0.25) is 9.00 Å². The Kier molecular flexibility index (Phi) is 8.12. The summed E-state index contributed by atoms with van der Waals surface area (Å²) in [6.45, 7) is 5.06. The summed E-state index contributed by atoms with van der Waals surface area (Å²) in [5, 5.41) is 7.48. The van der Waals surface area contributed by atoms with Crippen LogP contribution in [0, 0.1) is 0 Å². The van der Waals surface area contributed by atoms with E-state index in [0.29, 0.717) is 12.6 Å². The van der Waals surface area contributed by atoms with Crippen LogP contribution in [0.15, 0.2) is 61.1 Å². The normalized spacial score (nSPS) is 17.7. The molecular formula is C25H33N5O2S. The number of aromatic nitrogens is 3. The minimum atomic E-state index is -1.32. The molecule has 33 heavy (non-hydrogen) atoms. The molecule has 0 bridgehead atoms. The third-order valence-corrected chi connectivity index (χ3v) is 7.38. The Balaban J connectivity index is 1.32. The van der Waals surface area contributed by atoms with Gasteiger partial charge in [-0.2, -0.15) is 5.10 Å². The van der Waals surface area contributed by atoms with Crippen LogP contribution in [0.4, 0.5) is 0 Å². The van der Waals surface area contributed by atoms with Crippen molar-refractivity contribution in [3.63, 3.8) is 0 Å². The minimum Gasteiger partial charge on any atom is -0.355 e. The Morgan fingerprint density at radius 1 is 1.15 bits per heavy atom. The highest BCUT2D eigenvalue weighted by Gasteiger charge is 2.19. The molecule has 2 atom stereocenters. The van der Waals surface area contributed by atoms with Gasteiger partial charge in [-0.25, -0.2) is 4.68 Å². The summed E-state index contributed by atoms with van der Waals surface area (Å²) in [5.74, 6) is 0.967. The standard InChI is InChI=1S/C25H33N5O2S/c1-21-10-5-6-14-28(21)17-9-13-26-24(31)20-33(32)19-22-18-27-30(23-11-3-2-4-12-23)25(22)29-15-7-8-16-29/h2-4,7-8,11-12,15-16,18,21H,5-6,9-10,13-14,17,19-20H2,1H3,(H,26,31)/t21-,33+/m0/s1. The maximum Gasteiger partial charge on any atom is 0.232 e. The number of hydrogen-bond donors (Lipinski definition) is 1. The number of nitrogens with one attached hydrogen (secondary N) is 1. The zero-order valence-electron chi connectivity index (χ0n) is 19.2. The number of para-hydroxylation sites is 1. The Hall–Kier alpha value is -2.71. The number of carbonyl (C=O) groups is 1. The molecule has 1 N–H and O–H groups in total. The highest BCUT2D eigenvalue weighted by atomic mass is 32.2. The van der Waals surface area contributed by atoms with Gasteiger partial charge in [-0.15, -0.1) is 0 Å². The van der Waals surface area contributed by atoms with E-state index in [1.54, 1.807) is 6.20 Å². The van der Waals surface area contributed by atoms with E-state index in [4.69, 9.17) is 0 Å². The molecule has 176 valence electrons. The third kappa shape index (κ3) is 6.21. The highest BCUT2D eigenvalue weighted by Crippen LogP contribution is 2.21. The van der Waals surface area contributed by atoms with Gasteiger partial charge in [-0.1, -0.05) is 24.6 Å². The number of amides is 1. The van der Waals surface area contributed by atoms with Crippen LogP contribution in [0.5, 0.6) is 0 Å². The second kappa shape index (κ2) is 11.4. The zero-order valence-corrected chi connectivity index (χ0v) is 20.0. The molecule has 2 aromatic heterocycles. The molecule has 8 heteroatoms. The fourth-order valence-corrected chi connectivity index (χ4v) is 5.46. The molecule has 1 amide bonds. The van der Waals surface area contributed by atoms with E-state index in [-0.39, 0.29) is 17.4 Å². The predicted octanol–water partition coefficient (Wildman–Crippen LogP) is 3.29. The average molecular weight is 468 g/mol. The third-order valence-electron chi connectivity index (χ3n) is 6.16. The van der Waals surface area contributed by atoms with Gasteiger partial charge in [0.2, 0.25) is 5.91 Å². The van der Waals surface area contributed by atoms with Crippen molar-refractivity contribution in [3.05, 3.63) is 66.6 Å². The first kappa shape index (κ1) is 23.4. The van der Waals surface area contributed by atoms with Crippen LogP contribution in [0.3, 0.4) is 0 Å². The zero-order chi connectivity index (χ0) is 23.0. The van der Waals surface area contributed by atoms with Crippen molar-refractivity contribution in [2.75, 3.05) is 25.4 Å². The van der Waals surface area contributed by atoms with Gasteiger partial charge in [0.25, 0.3) is 0 Å². The van der Waals surface area contributed by atoms with Crippen molar-refractivity contribution in [2.45, 2.75) is 44.4 Å². The summed E-state index contributed by atoms with van der Waals surface area (Å²) in [5.41, 5.74) is 1.78. The van der Waals surface area contributed by atoms with Crippen LogP contribution in [-0.4, -0.2) is 60.8 Å². The summed E-state index contributed by atoms with van der Waals surface area (Å²) < 4.78 is 16.6. The quantitative estimate of drug-likeness (QED) is 0.465. The summed E-state index contributed by atoms with van der Waals surface area (Å²) in [4.78, 5) is 14.9. The second-order valence-corrected chi connectivity index (χ2v) is 10.1. The van der Waals surface area contributed by atoms with Crippen LogP contribution >= 0.6 is 0 Å². The molecule has 1 saturated heterocycles. The first-order valence-corrected chi connectivity index (χ1v) is 13.2. The minimum absolute atomic E-state index is 0.00174. The van der Waals surface area contributed by atoms with Gasteiger partial charge in [0, 0.05) is 47.9 Å². The smallest absolute Gasteiger partial charge is 0.232 e. The molecule has 1 aliphatic heterocycles.